The first-order valence-electron chi connectivity index (χ1n) is 8.27. The highest BCUT2D eigenvalue weighted by molar-refractivity contribution is 5.92. The minimum absolute atomic E-state index is 0.145. The fourth-order valence-electron chi connectivity index (χ4n) is 2.79. The Kier molecular flexibility index (Phi) is 4.19. The summed E-state index contributed by atoms with van der Waals surface area (Å²) in [6.45, 7) is 0. The van der Waals surface area contributed by atoms with Crippen molar-refractivity contribution < 1.29 is 9.18 Å². The summed E-state index contributed by atoms with van der Waals surface area (Å²) < 4.78 is 12.9. The van der Waals surface area contributed by atoms with Gasteiger partial charge in [0.1, 0.15) is 11.6 Å². The molecule has 2 N–H and O–H groups in total. The smallest absolute Gasteiger partial charge is 0.228 e. The summed E-state index contributed by atoms with van der Waals surface area (Å²) in [4.78, 5) is 20.0. The third-order valence-corrected chi connectivity index (χ3v) is 4.11. The zero-order chi connectivity index (χ0) is 17.9. The number of para-hydroxylation sites is 2. The van der Waals surface area contributed by atoms with Crippen LogP contribution in [0.15, 0.2) is 72.8 Å². The van der Waals surface area contributed by atoms with E-state index in [2.05, 4.69) is 15.3 Å². The molecule has 4 aromatic rings. The SMILES string of the molecule is O=C(Cc1ccc(F)cc1)Nc1ccc(-c2nc3ccccc3[nH]2)cc1. The van der Waals surface area contributed by atoms with E-state index in [9.17, 15) is 9.18 Å². The third kappa shape index (κ3) is 3.47. The molecule has 1 amide bonds. The van der Waals surface area contributed by atoms with Crippen LogP contribution < -0.4 is 5.32 Å². The Morgan fingerprint density at radius 1 is 0.962 bits per heavy atom. The van der Waals surface area contributed by atoms with Crippen LogP contribution in [0.1, 0.15) is 5.56 Å². The van der Waals surface area contributed by atoms with Crippen LogP contribution in [0.4, 0.5) is 10.1 Å². The second-order valence-electron chi connectivity index (χ2n) is 6.03. The fourth-order valence-corrected chi connectivity index (χ4v) is 2.79. The lowest BCUT2D eigenvalue weighted by Crippen LogP contribution is -2.14. The Hall–Kier alpha value is -3.47. The maximum atomic E-state index is 12.9. The molecular weight excluding hydrogens is 329 g/mol. The first kappa shape index (κ1) is 16.0. The standard InChI is InChI=1S/C21H16FN3O/c22-16-9-5-14(6-10-16)13-20(26)23-17-11-7-15(8-12-17)21-24-18-3-1-2-4-19(18)25-21/h1-12H,13H2,(H,23,26)(H,24,25). The molecule has 0 radical (unpaired) electrons. The van der Waals surface area contributed by atoms with Gasteiger partial charge in [0.05, 0.1) is 17.5 Å². The minimum atomic E-state index is -0.310. The summed E-state index contributed by atoms with van der Waals surface area (Å²) in [5.41, 5.74) is 4.32. The molecule has 0 fully saturated rings. The van der Waals surface area contributed by atoms with Gasteiger partial charge >= 0.3 is 0 Å². The van der Waals surface area contributed by atoms with Crippen molar-refractivity contribution in [1.82, 2.24) is 9.97 Å². The van der Waals surface area contributed by atoms with Gasteiger partial charge in [0.25, 0.3) is 0 Å². The van der Waals surface area contributed by atoms with E-state index in [1.807, 2.05) is 48.5 Å². The Labute approximate surface area is 149 Å². The van der Waals surface area contributed by atoms with Gasteiger partial charge in [0, 0.05) is 11.3 Å². The van der Waals surface area contributed by atoms with Gasteiger partial charge in [0.2, 0.25) is 5.91 Å². The highest BCUT2D eigenvalue weighted by Crippen LogP contribution is 2.22. The lowest BCUT2D eigenvalue weighted by atomic mass is 10.1. The van der Waals surface area contributed by atoms with Crippen molar-refractivity contribution in [1.29, 1.82) is 0 Å². The van der Waals surface area contributed by atoms with Crippen LogP contribution >= 0.6 is 0 Å². The van der Waals surface area contributed by atoms with Crippen LogP contribution in [0.3, 0.4) is 0 Å². The molecule has 0 saturated heterocycles. The molecule has 4 rings (SSSR count). The van der Waals surface area contributed by atoms with Gasteiger partial charge in [0.15, 0.2) is 0 Å². The van der Waals surface area contributed by atoms with E-state index in [4.69, 9.17) is 0 Å². The molecule has 0 aliphatic carbocycles. The monoisotopic (exact) mass is 345 g/mol. The summed E-state index contributed by atoms with van der Waals surface area (Å²) in [6.07, 6.45) is 0.200. The number of nitrogens with zero attached hydrogens (tertiary/aromatic N) is 1. The number of aromatic amines is 1. The van der Waals surface area contributed by atoms with E-state index in [1.54, 1.807) is 12.1 Å². The Bertz CT molecular complexity index is 1020. The first-order chi connectivity index (χ1) is 12.7. The number of hydrogen-bond acceptors (Lipinski definition) is 2. The number of amides is 1. The lowest BCUT2D eigenvalue weighted by Gasteiger charge is -2.06. The van der Waals surface area contributed by atoms with E-state index >= 15 is 0 Å². The van der Waals surface area contributed by atoms with E-state index in [1.165, 1.54) is 12.1 Å². The van der Waals surface area contributed by atoms with Crippen molar-refractivity contribution in [3.8, 4) is 11.4 Å². The van der Waals surface area contributed by atoms with E-state index in [-0.39, 0.29) is 18.1 Å². The number of carbonyl (C=O) groups is 1. The number of hydrogen-bond donors (Lipinski definition) is 2. The minimum Gasteiger partial charge on any atom is -0.338 e. The van der Waals surface area contributed by atoms with Gasteiger partial charge in [-0.3, -0.25) is 4.79 Å². The molecule has 1 aromatic heterocycles. The molecule has 1 heterocycles. The van der Waals surface area contributed by atoms with Gasteiger partial charge in [-0.1, -0.05) is 24.3 Å². The van der Waals surface area contributed by atoms with Gasteiger partial charge in [-0.2, -0.15) is 0 Å². The summed E-state index contributed by atoms with van der Waals surface area (Å²) >= 11 is 0. The second kappa shape index (κ2) is 6.80. The number of halogens is 1. The molecule has 0 aliphatic heterocycles. The number of nitrogens with one attached hydrogen (secondary N) is 2. The molecule has 4 nitrogen and oxygen atoms in total. The number of benzene rings is 3. The Morgan fingerprint density at radius 2 is 1.69 bits per heavy atom. The van der Waals surface area contributed by atoms with Crippen LogP contribution in [0.25, 0.3) is 22.4 Å². The number of rotatable bonds is 4. The maximum Gasteiger partial charge on any atom is 0.228 e. The van der Waals surface area contributed by atoms with Crippen LogP contribution in [-0.2, 0) is 11.2 Å². The highest BCUT2D eigenvalue weighted by atomic mass is 19.1. The summed E-state index contributed by atoms with van der Waals surface area (Å²) in [6, 6.07) is 21.3. The van der Waals surface area contributed by atoms with Crippen molar-refractivity contribution in [3.05, 3.63) is 84.2 Å². The number of imidazole rings is 1. The molecule has 0 unspecified atom stereocenters. The van der Waals surface area contributed by atoms with Crippen molar-refractivity contribution in [2.75, 3.05) is 5.32 Å². The molecular formula is C21H16FN3O. The van der Waals surface area contributed by atoms with Gasteiger partial charge < -0.3 is 10.3 Å². The van der Waals surface area contributed by atoms with Crippen LogP contribution in [-0.4, -0.2) is 15.9 Å². The predicted octanol–water partition coefficient (Wildman–Crippen LogP) is 4.55. The molecule has 128 valence electrons. The maximum absolute atomic E-state index is 12.9. The molecule has 26 heavy (non-hydrogen) atoms. The Morgan fingerprint density at radius 3 is 2.42 bits per heavy atom. The third-order valence-electron chi connectivity index (χ3n) is 4.11. The molecule has 3 aromatic carbocycles. The molecule has 0 spiro atoms. The normalized spacial score (nSPS) is 10.8. The number of fused-ring (bicyclic) bond motifs is 1. The molecule has 0 saturated carbocycles. The zero-order valence-electron chi connectivity index (χ0n) is 13.9. The van der Waals surface area contributed by atoms with Crippen LogP contribution in [0.2, 0.25) is 0 Å². The van der Waals surface area contributed by atoms with Crippen LogP contribution in [0.5, 0.6) is 0 Å². The number of aromatic nitrogens is 2. The van der Waals surface area contributed by atoms with E-state index in [0.29, 0.717) is 5.69 Å². The highest BCUT2D eigenvalue weighted by Gasteiger charge is 2.07. The molecule has 0 atom stereocenters. The van der Waals surface area contributed by atoms with E-state index < -0.39 is 0 Å². The summed E-state index contributed by atoms with van der Waals surface area (Å²) in [7, 11) is 0. The first-order valence-corrected chi connectivity index (χ1v) is 8.27. The largest absolute Gasteiger partial charge is 0.338 e. The molecule has 5 heteroatoms. The summed E-state index contributed by atoms with van der Waals surface area (Å²) in [5.74, 6) is 0.332. The van der Waals surface area contributed by atoms with Crippen molar-refractivity contribution in [2.24, 2.45) is 0 Å². The topological polar surface area (TPSA) is 57.8 Å². The average molecular weight is 345 g/mol. The quantitative estimate of drug-likeness (QED) is 0.570. The van der Waals surface area contributed by atoms with Gasteiger partial charge in [-0.25, -0.2) is 9.37 Å². The van der Waals surface area contributed by atoms with Crippen molar-refractivity contribution in [2.45, 2.75) is 6.42 Å². The average Bonchev–Trinajstić information content (AvgIpc) is 3.08. The number of H-pyrrole nitrogens is 1. The van der Waals surface area contributed by atoms with Crippen molar-refractivity contribution >= 4 is 22.6 Å². The summed E-state index contributed by atoms with van der Waals surface area (Å²) in [5, 5.41) is 2.85. The van der Waals surface area contributed by atoms with Crippen molar-refractivity contribution in [3.63, 3.8) is 0 Å². The zero-order valence-corrected chi connectivity index (χ0v) is 13.9. The number of carbonyl (C=O) groups excluding carboxylic acids is 1. The van der Waals surface area contributed by atoms with Crippen LogP contribution in [0, 0.1) is 5.82 Å². The predicted molar refractivity (Wildman–Crippen MR) is 100 cm³/mol. The fraction of sp³-hybridized carbons (Fsp3) is 0.0476. The van der Waals surface area contributed by atoms with Gasteiger partial charge in [-0.05, 0) is 54.1 Å². The Balaban J connectivity index is 1.45. The van der Waals surface area contributed by atoms with E-state index in [0.717, 1.165) is 28.0 Å². The molecule has 0 bridgehead atoms. The second-order valence-corrected chi connectivity index (χ2v) is 6.03. The van der Waals surface area contributed by atoms with Gasteiger partial charge in [-0.15, -0.1) is 0 Å². The lowest BCUT2D eigenvalue weighted by molar-refractivity contribution is -0.115. The molecule has 0 aliphatic rings. The number of anilines is 1.